The van der Waals surface area contributed by atoms with Crippen LogP contribution in [-0.2, 0) is 9.53 Å². The summed E-state index contributed by atoms with van der Waals surface area (Å²) < 4.78 is 19.0. The van der Waals surface area contributed by atoms with Crippen molar-refractivity contribution >= 4 is 28.3 Å². The van der Waals surface area contributed by atoms with Gasteiger partial charge in [0.1, 0.15) is 17.6 Å². The highest BCUT2D eigenvalue weighted by Gasteiger charge is 2.27. The lowest BCUT2D eigenvalue weighted by atomic mass is 10.1. The zero-order chi connectivity index (χ0) is 17.1. The van der Waals surface area contributed by atoms with Gasteiger partial charge in [0.2, 0.25) is 5.91 Å². The standard InChI is InChI=1S/C16H16FN3O3S/c1-10(21)18-16-19-13(9-24-16)15(22)20-5-6-23-14(8-20)11-3-2-4-12(17)7-11/h2-4,7,9,14H,5-6,8H2,1H3,(H,18,19,21). The summed E-state index contributed by atoms with van der Waals surface area (Å²) in [6.45, 7) is 2.52. The zero-order valence-corrected chi connectivity index (χ0v) is 13.8. The number of aromatic nitrogens is 1. The Balaban J connectivity index is 1.71. The smallest absolute Gasteiger partial charge is 0.273 e. The number of benzene rings is 1. The number of hydrogen-bond acceptors (Lipinski definition) is 5. The minimum atomic E-state index is -0.369. The van der Waals surface area contributed by atoms with Gasteiger partial charge in [-0.3, -0.25) is 9.59 Å². The highest BCUT2D eigenvalue weighted by Crippen LogP contribution is 2.24. The summed E-state index contributed by atoms with van der Waals surface area (Å²) in [5.41, 5.74) is 0.980. The normalized spacial score (nSPS) is 17.6. The second-order valence-corrected chi connectivity index (χ2v) is 6.24. The van der Waals surface area contributed by atoms with Gasteiger partial charge in [-0.25, -0.2) is 9.37 Å². The molecule has 126 valence electrons. The number of anilines is 1. The molecule has 1 atom stereocenters. The Morgan fingerprint density at radius 2 is 2.29 bits per heavy atom. The molecule has 6 nitrogen and oxygen atoms in total. The van der Waals surface area contributed by atoms with Crippen LogP contribution in [0.25, 0.3) is 0 Å². The summed E-state index contributed by atoms with van der Waals surface area (Å²) >= 11 is 1.20. The Labute approximate surface area is 142 Å². The van der Waals surface area contributed by atoms with Crippen LogP contribution in [0.5, 0.6) is 0 Å². The summed E-state index contributed by atoms with van der Waals surface area (Å²) in [7, 11) is 0. The van der Waals surface area contributed by atoms with Crippen LogP contribution in [0.2, 0.25) is 0 Å². The maximum atomic E-state index is 13.4. The lowest BCUT2D eigenvalue weighted by Gasteiger charge is -2.32. The van der Waals surface area contributed by atoms with Crippen molar-refractivity contribution in [3.8, 4) is 0 Å². The molecule has 0 spiro atoms. The molecule has 1 aromatic carbocycles. The van der Waals surface area contributed by atoms with Crippen molar-refractivity contribution in [2.45, 2.75) is 13.0 Å². The number of rotatable bonds is 3. The molecule has 2 heterocycles. The molecule has 3 rings (SSSR count). The molecule has 8 heteroatoms. The van der Waals surface area contributed by atoms with Crippen LogP contribution in [0.15, 0.2) is 29.6 Å². The van der Waals surface area contributed by atoms with Gasteiger partial charge < -0.3 is 15.0 Å². The third kappa shape index (κ3) is 3.77. The van der Waals surface area contributed by atoms with E-state index in [1.54, 1.807) is 22.4 Å². The number of halogens is 1. The number of carbonyl (C=O) groups excluding carboxylic acids is 2. The Hall–Kier alpha value is -2.32. The largest absolute Gasteiger partial charge is 0.370 e. The van der Waals surface area contributed by atoms with Crippen molar-refractivity contribution in [3.63, 3.8) is 0 Å². The van der Waals surface area contributed by atoms with Crippen LogP contribution in [-0.4, -0.2) is 41.4 Å². The van der Waals surface area contributed by atoms with Crippen LogP contribution < -0.4 is 5.32 Å². The first kappa shape index (κ1) is 16.5. The van der Waals surface area contributed by atoms with Crippen molar-refractivity contribution in [2.24, 2.45) is 0 Å². The fourth-order valence-electron chi connectivity index (χ4n) is 2.48. The van der Waals surface area contributed by atoms with Gasteiger partial charge >= 0.3 is 0 Å². The SMILES string of the molecule is CC(=O)Nc1nc(C(=O)N2CCOC(c3cccc(F)c3)C2)cs1. The molecule has 1 saturated heterocycles. The van der Waals surface area contributed by atoms with Crippen LogP contribution in [0.3, 0.4) is 0 Å². The fraction of sp³-hybridized carbons (Fsp3) is 0.312. The predicted octanol–water partition coefficient (Wildman–Crippen LogP) is 2.45. The first-order valence-corrected chi connectivity index (χ1v) is 8.30. The molecule has 1 unspecified atom stereocenters. The Morgan fingerprint density at radius 3 is 3.04 bits per heavy atom. The van der Waals surface area contributed by atoms with Gasteiger partial charge in [0.05, 0.1) is 13.2 Å². The Morgan fingerprint density at radius 1 is 1.46 bits per heavy atom. The van der Waals surface area contributed by atoms with E-state index in [-0.39, 0.29) is 29.4 Å². The van der Waals surface area contributed by atoms with Gasteiger partial charge in [-0.2, -0.15) is 0 Å². The van der Waals surface area contributed by atoms with Crippen molar-refractivity contribution < 1.29 is 18.7 Å². The third-order valence-electron chi connectivity index (χ3n) is 3.58. The first-order valence-electron chi connectivity index (χ1n) is 7.42. The van der Waals surface area contributed by atoms with E-state index < -0.39 is 0 Å². The van der Waals surface area contributed by atoms with E-state index in [0.29, 0.717) is 30.4 Å². The molecule has 2 aromatic rings. The van der Waals surface area contributed by atoms with Gasteiger partial charge in [-0.1, -0.05) is 12.1 Å². The van der Waals surface area contributed by atoms with E-state index in [1.165, 1.54) is 30.4 Å². The van der Waals surface area contributed by atoms with Crippen LogP contribution in [0.4, 0.5) is 9.52 Å². The van der Waals surface area contributed by atoms with Crippen LogP contribution in [0.1, 0.15) is 29.1 Å². The lowest BCUT2D eigenvalue weighted by molar-refractivity contribution is -0.114. The molecule has 24 heavy (non-hydrogen) atoms. The number of amides is 2. The lowest BCUT2D eigenvalue weighted by Crippen LogP contribution is -2.42. The van der Waals surface area contributed by atoms with E-state index in [1.807, 2.05) is 0 Å². The number of ether oxygens (including phenoxy) is 1. The molecule has 2 amide bonds. The summed E-state index contributed by atoms with van der Waals surface area (Å²) in [5, 5.41) is 4.56. The summed E-state index contributed by atoms with van der Waals surface area (Å²) in [6.07, 6.45) is -0.369. The Bertz CT molecular complexity index is 765. The summed E-state index contributed by atoms with van der Waals surface area (Å²) in [4.78, 5) is 29.4. The van der Waals surface area contributed by atoms with Gasteiger partial charge in [-0.05, 0) is 17.7 Å². The molecule has 1 aromatic heterocycles. The van der Waals surface area contributed by atoms with Gasteiger partial charge in [0, 0.05) is 18.8 Å². The molecule has 0 radical (unpaired) electrons. The van der Waals surface area contributed by atoms with E-state index in [0.717, 1.165) is 0 Å². The first-order chi connectivity index (χ1) is 11.5. The molecule has 0 bridgehead atoms. The Kier molecular flexibility index (Phi) is 4.86. The van der Waals surface area contributed by atoms with E-state index in [4.69, 9.17) is 4.74 Å². The predicted molar refractivity (Wildman–Crippen MR) is 87.4 cm³/mol. The van der Waals surface area contributed by atoms with Crippen molar-refractivity contribution in [1.82, 2.24) is 9.88 Å². The van der Waals surface area contributed by atoms with Crippen molar-refractivity contribution in [3.05, 3.63) is 46.7 Å². The third-order valence-corrected chi connectivity index (χ3v) is 4.34. The molecular weight excluding hydrogens is 333 g/mol. The maximum Gasteiger partial charge on any atom is 0.273 e. The maximum absolute atomic E-state index is 13.4. The molecule has 1 fully saturated rings. The van der Waals surface area contributed by atoms with E-state index in [9.17, 15) is 14.0 Å². The average Bonchev–Trinajstić information content (AvgIpc) is 3.02. The minimum absolute atomic E-state index is 0.229. The number of nitrogens with one attached hydrogen (secondary N) is 1. The number of thiazole rings is 1. The van der Waals surface area contributed by atoms with E-state index >= 15 is 0 Å². The number of morpholine rings is 1. The van der Waals surface area contributed by atoms with Gasteiger partial charge in [0.15, 0.2) is 5.13 Å². The summed E-state index contributed by atoms with van der Waals surface area (Å²) in [6, 6.07) is 6.18. The second-order valence-electron chi connectivity index (χ2n) is 5.38. The summed E-state index contributed by atoms with van der Waals surface area (Å²) in [5.74, 6) is -0.799. The molecular formula is C16H16FN3O3S. The number of nitrogens with zero attached hydrogens (tertiary/aromatic N) is 2. The van der Waals surface area contributed by atoms with Gasteiger partial charge in [0.25, 0.3) is 5.91 Å². The second kappa shape index (κ2) is 7.06. The molecule has 0 saturated carbocycles. The highest BCUT2D eigenvalue weighted by atomic mass is 32.1. The van der Waals surface area contributed by atoms with Crippen molar-refractivity contribution in [2.75, 3.05) is 25.0 Å². The topological polar surface area (TPSA) is 71.5 Å². The van der Waals surface area contributed by atoms with Crippen LogP contribution in [0, 0.1) is 5.82 Å². The molecule has 1 aliphatic heterocycles. The van der Waals surface area contributed by atoms with Gasteiger partial charge in [-0.15, -0.1) is 11.3 Å². The van der Waals surface area contributed by atoms with E-state index in [2.05, 4.69) is 10.3 Å². The molecule has 1 N–H and O–H groups in total. The zero-order valence-electron chi connectivity index (χ0n) is 13.0. The average molecular weight is 349 g/mol. The number of carbonyl (C=O) groups is 2. The van der Waals surface area contributed by atoms with Crippen molar-refractivity contribution in [1.29, 1.82) is 0 Å². The minimum Gasteiger partial charge on any atom is -0.370 e. The molecule has 1 aliphatic rings. The highest BCUT2D eigenvalue weighted by molar-refractivity contribution is 7.14. The van der Waals surface area contributed by atoms with Crippen LogP contribution >= 0.6 is 11.3 Å². The quantitative estimate of drug-likeness (QED) is 0.924. The number of hydrogen-bond donors (Lipinski definition) is 1. The molecule has 0 aliphatic carbocycles. The fourth-order valence-corrected chi connectivity index (χ4v) is 3.21. The monoisotopic (exact) mass is 349 g/mol.